The topological polar surface area (TPSA) is 88.4 Å². The first-order valence-electron chi connectivity index (χ1n) is 6.10. The standard InChI is InChI=1S/C12H20N2O4S/c1-8(2)6-13-19(17,18)10-5-11(12(15)16)14(7-10)9(3)4/h5,7-9,13H,6H2,1-4H3,(H,15,16). The number of hydrogen-bond acceptors (Lipinski definition) is 3. The zero-order valence-electron chi connectivity index (χ0n) is 11.5. The van der Waals surface area contributed by atoms with Crippen LogP contribution in [0.1, 0.15) is 44.2 Å². The SMILES string of the molecule is CC(C)CNS(=O)(=O)c1cc(C(=O)O)n(C(C)C)c1. The number of hydrogen-bond donors (Lipinski definition) is 2. The van der Waals surface area contributed by atoms with Gasteiger partial charge in [-0.15, -0.1) is 0 Å². The summed E-state index contributed by atoms with van der Waals surface area (Å²) in [5.41, 5.74) is -0.0279. The molecule has 19 heavy (non-hydrogen) atoms. The minimum Gasteiger partial charge on any atom is -0.477 e. The number of aromatic carboxylic acids is 1. The van der Waals surface area contributed by atoms with E-state index in [0.717, 1.165) is 0 Å². The van der Waals surface area contributed by atoms with E-state index in [1.54, 1.807) is 13.8 Å². The number of aromatic nitrogens is 1. The fourth-order valence-electron chi connectivity index (χ4n) is 1.56. The van der Waals surface area contributed by atoms with Crippen molar-refractivity contribution in [3.8, 4) is 0 Å². The molecule has 1 rings (SSSR count). The summed E-state index contributed by atoms with van der Waals surface area (Å²) in [5.74, 6) is -0.958. The van der Waals surface area contributed by atoms with E-state index in [1.807, 2.05) is 13.8 Å². The molecule has 2 N–H and O–H groups in total. The number of sulfonamides is 1. The summed E-state index contributed by atoms with van der Waals surface area (Å²) < 4.78 is 28.0. The van der Waals surface area contributed by atoms with Crippen LogP contribution in [0.2, 0.25) is 0 Å². The molecule has 0 saturated carbocycles. The first-order valence-corrected chi connectivity index (χ1v) is 7.58. The highest BCUT2D eigenvalue weighted by Crippen LogP contribution is 2.19. The molecule has 7 heteroatoms. The summed E-state index contributed by atoms with van der Waals surface area (Å²) in [6, 6.07) is 1.06. The lowest BCUT2D eigenvalue weighted by molar-refractivity contribution is 0.0683. The van der Waals surface area contributed by atoms with E-state index in [2.05, 4.69) is 4.72 Å². The van der Waals surface area contributed by atoms with Crippen LogP contribution in [0.4, 0.5) is 0 Å². The van der Waals surface area contributed by atoms with Crippen LogP contribution in [-0.4, -0.2) is 30.6 Å². The lowest BCUT2D eigenvalue weighted by Gasteiger charge is -2.09. The van der Waals surface area contributed by atoms with E-state index < -0.39 is 16.0 Å². The third-order valence-corrected chi connectivity index (χ3v) is 3.98. The third kappa shape index (κ3) is 3.81. The van der Waals surface area contributed by atoms with E-state index in [1.165, 1.54) is 16.8 Å². The summed E-state index contributed by atoms with van der Waals surface area (Å²) >= 11 is 0. The van der Waals surface area contributed by atoms with Gasteiger partial charge in [-0.1, -0.05) is 13.8 Å². The van der Waals surface area contributed by atoms with Crippen molar-refractivity contribution >= 4 is 16.0 Å². The van der Waals surface area contributed by atoms with Gasteiger partial charge in [0.1, 0.15) is 10.6 Å². The highest BCUT2D eigenvalue weighted by molar-refractivity contribution is 7.89. The van der Waals surface area contributed by atoms with Crippen molar-refractivity contribution < 1.29 is 18.3 Å². The molecule has 0 aliphatic rings. The van der Waals surface area contributed by atoms with Crippen LogP contribution in [0.5, 0.6) is 0 Å². The van der Waals surface area contributed by atoms with Crippen molar-refractivity contribution in [3.63, 3.8) is 0 Å². The first-order chi connectivity index (χ1) is 8.65. The Hall–Kier alpha value is -1.34. The van der Waals surface area contributed by atoms with E-state index in [-0.39, 0.29) is 22.5 Å². The molecule has 1 aromatic heterocycles. The van der Waals surface area contributed by atoms with Gasteiger partial charge in [0.15, 0.2) is 0 Å². The average Bonchev–Trinajstić information content (AvgIpc) is 2.72. The predicted octanol–water partition coefficient (Wildman–Crippen LogP) is 1.70. The Morgan fingerprint density at radius 1 is 1.37 bits per heavy atom. The molecule has 0 saturated heterocycles. The Bertz CT molecular complexity index is 558. The number of rotatable bonds is 6. The van der Waals surface area contributed by atoms with Crippen LogP contribution >= 0.6 is 0 Å². The molecule has 0 aromatic carbocycles. The lowest BCUT2D eigenvalue weighted by atomic mass is 10.2. The molecule has 0 spiro atoms. The minimum absolute atomic E-state index is 0.0146. The van der Waals surface area contributed by atoms with Crippen LogP contribution in [0.3, 0.4) is 0 Å². The summed E-state index contributed by atoms with van der Waals surface area (Å²) in [4.78, 5) is 11.1. The van der Waals surface area contributed by atoms with E-state index >= 15 is 0 Å². The monoisotopic (exact) mass is 288 g/mol. The molecule has 6 nitrogen and oxygen atoms in total. The number of carboxylic acid groups (broad SMARTS) is 1. The van der Waals surface area contributed by atoms with E-state index in [4.69, 9.17) is 5.11 Å². The van der Waals surface area contributed by atoms with Gasteiger partial charge >= 0.3 is 5.97 Å². The quantitative estimate of drug-likeness (QED) is 0.834. The Morgan fingerprint density at radius 3 is 2.32 bits per heavy atom. The van der Waals surface area contributed by atoms with Gasteiger partial charge in [-0.3, -0.25) is 0 Å². The van der Waals surface area contributed by atoms with Gasteiger partial charge in [-0.25, -0.2) is 17.9 Å². The molecular weight excluding hydrogens is 268 g/mol. The molecule has 0 aliphatic carbocycles. The molecule has 1 aromatic rings. The number of nitrogens with one attached hydrogen (secondary N) is 1. The fourth-order valence-corrected chi connectivity index (χ4v) is 2.80. The van der Waals surface area contributed by atoms with Gasteiger partial charge in [-0.05, 0) is 25.8 Å². The van der Waals surface area contributed by atoms with Crippen LogP contribution in [0.25, 0.3) is 0 Å². The van der Waals surface area contributed by atoms with Crippen LogP contribution in [0.15, 0.2) is 17.2 Å². The molecular formula is C12H20N2O4S. The summed E-state index contributed by atoms with van der Waals surface area (Å²) in [7, 11) is -3.66. The molecule has 108 valence electrons. The van der Waals surface area contributed by atoms with Gasteiger partial charge in [0.25, 0.3) is 0 Å². The number of nitrogens with zero attached hydrogens (tertiary/aromatic N) is 1. The largest absolute Gasteiger partial charge is 0.477 e. The predicted molar refractivity (Wildman–Crippen MR) is 71.8 cm³/mol. The van der Waals surface area contributed by atoms with Gasteiger partial charge in [0, 0.05) is 18.8 Å². The Labute approximate surface area is 113 Å². The zero-order valence-corrected chi connectivity index (χ0v) is 12.4. The average molecular weight is 288 g/mol. The molecule has 0 aliphatic heterocycles. The molecule has 1 heterocycles. The highest BCUT2D eigenvalue weighted by Gasteiger charge is 2.22. The maximum Gasteiger partial charge on any atom is 0.352 e. The van der Waals surface area contributed by atoms with E-state index in [9.17, 15) is 13.2 Å². The smallest absolute Gasteiger partial charge is 0.352 e. The molecule has 0 radical (unpaired) electrons. The van der Waals surface area contributed by atoms with Gasteiger partial charge in [0.2, 0.25) is 10.0 Å². The Morgan fingerprint density at radius 2 is 1.95 bits per heavy atom. The van der Waals surface area contributed by atoms with Crippen molar-refractivity contribution in [2.24, 2.45) is 5.92 Å². The molecule has 0 amide bonds. The fraction of sp³-hybridized carbons (Fsp3) is 0.583. The van der Waals surface area contributed by atoms with Crippen LogP contribution in [0, 0.1) is 5.92 Å². The second-order valence-electron chi connectivity index (χ2n) is 5.11. The van der Waals surface area contributed by atoms with Crippen molar-refractivity contribution in [2.75, 3.05) is 6.54 Å². The lowest BCUT2D eigenvalue weighted by Crippen LogP contribution is -2.27. The normalized spacial score (nSPS) is 12.3. The Balaban J connectivity index is 3.15. The van der Waals surface area contributed by atoms with Crippen molar-refractivity contribution in [1.29, 1.82) is 0 Å². The summed E-state index contributed by atoms with van der Waals surface area (Å²) in [5, 5.41) is 9.08. The van der Waals surface area contributed by atoms with Gasteiger partial charge < -0.3 is 9.67 Å². The van der Waals surface area contributed by atoms with Crippen molar-refractivity contribution in [3.05, 3.63) is 18.0 Å². The van der Waals surface area contributed by atoms with Gasteiger partial charge in [0.05, 0.1) is 0 Å². The third-order valence-electron chi connectivity index (χ3n) is 2.59. The van der Waals surface area contributed by atoms with Crippen molar-refractivity contribution in [2.45, 2.75) is 38.6 Å². The summed E-state index contributed by atoms with van der Waals surface area (Å²) in [6.07, 6.45) is 1.36. The van der Waals surface area contributed by atoms with Crippen LogP contribution < -0.4 is 4.72 Å². The molecule has 0 bridgehead atoms. The minimum atomic E-state index is -3.66. The molecule has 0 unspecified atom stereocenters. The maximum absolute atomic E-state index is 12.0. The molecule has 0 fully saturated rings. The highest BCUT2D eigenvalue weighted by atomic mass is 32.2. The van der Waals surface area contributed by atoms with Crippen molar-refractivity contribution in [1.82, 2.24) is 9.29 Å². The zero-order chi connectivity index (χ0) is 14.8. The summed E-state index contributed by atoms with van der Waals surface area (Å²) in [6.45, 7) is 7.70. The van der Waals surface area contributed by atoms with Crippen LogP contribution in [-0.2, 0) is 10.0 Å². The second kappa shape index (κ2) is 5.75. The molecule has 0 atom stereocenters. The second-order valence-corrected chi connectivity index (χ2v) is 6.88. The first kappa shape index (κ1) is 15.7. The number of carbonyl (C=O) groups is 1. The number of carboxylic acids is 1. The Kier molecular flexibility index (Phi) is 4.75. The van der Waals surface area contributed by atoms with E-state index in [0.29, 0.717) is 6.54 Å². The maximum atomic E-state index is 12.0. The van der Waals surface area contributed by atoms with Gasteiger partial charge in [-0.2, -0.15) is 0 Å².